The summed E-state index contributed by atoms with van der Waals surface area (Å²) >= 11 is 0. The summed E-state index contributed by atoms with van der Waals surface area (Å²) in [5.41, 5.74) is 6.08. The van der Waals surface area contributed by atoms with Gasteiger partial charge in [-0.25, -0.2) is 4.99 Å². The Hall–Kier alpha value is -1.91. The van der Waals surface area contributed by atoms with Crippen molar-refractivity contribution in [2.45, 2.75) is 25.8 Å². The van der Waals surface area contributed by atoms with E-state index in [4.69, 9.17) is 10.5 Å². The van der Waals surface area contributed by atoms with Crippen LogP contribution in [0.25, 0.3) is 0 Å². The average Bonchev–Trinajstić information content (AvgIpc) is 2.38. The predicted molar refractivity (Wildman–Crippen MR) is 70.0 cm³/mol. The summed E-state index contributed by atoms with van der Waals surface area (Å²) in [4.78, 5) is 4.19. The average molecular weight is 266 g/mol. The highest BCUT2D eigenvalue weighted by atomic mass is 19.3. The molecule has 1 unspecified atom stereocenters. The fourth-order valence-corrected chi connectivity index (χ4v) is 2.19. The number of aryl methyl sites for hydroxylation is 1. The molecule has 3 nitrogen and oxygen atoms in total. The third kappa shape index (κ3) is 2.45. The predicted octanol–water partition coefficient (Wildman–Crippen LogP) is 2.96. The first-order valence-electron chi connectivity index (χ1n) is 6.09. The maximum atomic E-state index is 13.1. The topological polar surface area (TPSA) is 47.6 Å². The van der Waals surface area contributed by atoms with Crippen LogP contribution in [-0.2, 0) is 16.7 Å². The lowest BCUT2D eigenvalue weighted by molar-refractivity contribution is 0.159. The maximum absolute atomic E-state index is 13.1. The molecule has 0 aromatic heterocycles. The fourth-order valence-electron chi connectivity index (χ4n) is 2.19. The summed E-state index contributed by atoms with van der Waals surface area (Å²) in [7, 11) is 0. The second kappa shape index (κ2) is 4.99. The molecule has 0 aliphatic carbocycles. The summed E-state index contributed by atoms with van der Waals surface area (Å²) in [6, 6.07) is 7.38. The SMILES string of the molecule is CCc1cccc(C2(C)N=C(N)COC2=C(F)F)c1. The van der Waals surface area contributed by atoms with Gasteiger partial charge in [-0.1, -0.05) is 31.2 Å². The molecule has 0 fully saturated rings. The van der Waals surface area contributed by atoms with Crippen LogP contribution in [0.1, 0.15) is 25.0 Å². The molecule has 1 aromatic rings. The Morgan fingerprint density at radius 3 is 2.84 bits per heavy atom. The van der Waals surface area contributed by atoms with E-state index in [1.165, 1.54) is 0 Å². The minimum atomic E-state index is -1.86. The number of benzene rings is 1. The quantitative estimate of drug-likeness (QED) is 0.894. The molecule has 5 heteroatoms. The lowest BCUT2D eigenvalue weighted by Crippen LogP contribution is -2.36. The first kappa shape index (κ1) is 13.5. The molecular formula is C14H16F2N2O. The molecule has 1 aromatic carbocycles. The van der Waals surface area contributed by atoms with Crippen molar-refractivity contribution in [1.82, 2.24) is 0 Å². The molecule has 19 heavy (non-hydrogen) atoms. The van der Waals surface area contributed by atoms with Gasteiger partial charge in [0, 0.05) is 0 Å². The molecule has 2 rings (SSSR count). The highest BCUT2D eigenvalue weighted by Gasteiger charge is 2.39. The second-order valence-electron chi connectivity index (χ2n) is 4.61. The van der Waals surface area contributed by atoms with E-state index in [9.17, 15) is 8.78 Å². The van der Waals surface area contributed by atoms with Crippen LogP contribution < -0.4 is 5.73 Å². The molecule has 1 aliphatic rings. The van der Waals surface area contributed by atoms with Crippen molar-refractivity contribution in [2.75, 3.05) is 6.61 Å². The van der Waals surface area contributed by atoms with Gasteiger partial charge >= 0.3 is 6.08 Å². The van der Waals surface area contributed by atoms with Crippen LogP contribution in [0.2, 0.25) is 0 Å². The fraction of sp³-hybridized carbons (Fsp3) is 0.357. The Bertz CT molecular complexity index is 550. The van der Waals surface area contributed by atoms with Crippen molar-refractivity contribution in [3.8, 4) is 0 Å². The van der Waals surface area contributed by atoms with E-state index in [0.29, 0.717) is 5.56 Å². The minimum absolute atomic E-state index is 0.101. The number of nitrogens with zero attached hydrogens (tertiary/aromatic N) is 1. The molecule has 0 radical (unpaired) electrons. The molecule has 102 valence electrons. The smallest absolute Gasteiger partial charge is 0.310 e. The summed E-state index contributed by atoms with van der Waals surface area (Å²) in [5, 5.41) is 0. The second-order valence-corrected chi connectivity index (χ2v) is 4.61. The van der Waals surface area contributed by atoms with E-state index in [1.807, 2.05) is 25.1 Å². The Kier molecular flexibility index (Phi) is 3.55. The van der Waals surface area contributed by atoms with Crippen molar-refractivity contribution in [3.05, 3.63) is 47.2 Å². The van der Waals surface area contributed by atoms with Crippen LogP contribution in [0.5, 0.6) is 0 Å². The lowest BCUT2D eigenvalue weighted by atomic mass is 9.88. The first-order valence-corrected chi connectivity index (χ1v) is 6.09. The van der Waals surface area contributed by atoms with Gasteiger partial charge in [-0.2, -0.15) is 8.78 Å². The van der Waals surface area contributed by atoms with E-state index >= 15 is 0 Å². The number of nitrogens with two attached hydrogens (primary N) is 1. The number of halogens is 2. The van der Waals surface area contributed by atoms with Crippen LogP contribution in [0.3, 0.4) is 0 Å². The van der Waals surface area contributed by atoms with Gasteiger partial charge in [0.1, 0.15) is 18.0 Å². The summed E-state index contributed by atoms with van der Waals surface area (Å²) in [6.45, 7) is 3.49. The van der Waals surface area contributed by atoms with Crippen molar-refractivity contribution in [3.63, 3.8) is 0 Å². The highest BCUT2D eigenvalue weighted by Crippen LogP contribution is 2.39. The van der Waals surface area contributed by atoms with Crippen LogP contribution in [0.4, 0.5) is 8.78 Å². The number of hydrogen-bond donors (Lipinski definition) is 1. The molecule has 2 N–H and O–H groups in total. The van der Waals surface area contributed by atoms with Gasteiger partial charge in [-0.3, -0.25) is 0 Å². The number of amidine groups is 1. The van der Waals surface area contributed by atoms with E-state index in [0.717, 1.165) is 12.0 Å². The monoisotopic (exact) mass is 266 g/mol. The third-order valence-corrected chi connectivity index (χ3v) is 3.24. The molecule has 0 saturated carbocycles. The zero-order chi connectivity index (χ0) is 14.0. The highest BCUT2D eigenvalue weighted by molar-refractivity contribution is 5.83. The van der Waals surface area contributed by atoms with Crippen molar-refractivity contribution in [1.29, 1.82) is 0 Å². The van der Waals surface area contributed by atoms with Crippen LogP contribution in [-0.4, -0.2) is 12.4 Å². The zero-order valence-corrected chi connectivity index (χ0v) is 10.9. The van der Waals surface area contributed by atoms with Gasteiger partial charge in [-0.05, 0) is 24.5 Å². The van der Waals surface area contributed by atoms with Gasteiger partial charge in [0.15, 0.2) is 5.76 Å². The molecule has 0 spiro atoms. The molecule has 0 saturated heterocycles. The molecule has 1 heterocycles. The summed E-state index contributed by atoms with van der Waals surface area (Å²) < 4.78 is 31.2. The van der Waals surface area contributed by atoms with Crippen LogP contribution >= 0.6 is 0 Å². The number of hydrogen-bond acceptors (Lipinski definition) is 3. The van der Waals surface area contributed by atoms with E-state index < -0.39 is 17.4 Å². The van der Waals surface area contributed by atoms with E-state index in [-0.39, 0.29) is 12.4 Å². The van der Waals surface area contributed by atoms with Gasteiger partial charge < -0.3 is 10.5 Å². The van der Waals surface area contributed by atoms with Crippen molar-refractivity contribution >= 4 is 5.84 Å². The van der Waals surface area contributed by atoms with Gasteiger partial charge in [0.25, 0.3) is 0 Å². The normalized spacial score (nSPS) is 22.7. The molecule has 1 aliphatic heterocycles. The van der Waals surface area contributed by atoms with Crippen LogP contribution in [0.15, 0.2) is 41.1 Å². The Morgan fingerprint density at radius 1 is 1.47 bits per heavy atom. The van der Waals surface area contributed by atoms with Gasteiger partial charge in [0.2, 0.25) is 0 Å². The summed E-state index contributed by atoms with van der Waals surface area (Å²) in [6.07, 6.45) is -1.04. The van der Waals surface area contributed by atoms with Crippen molar-refractivity contribution < 1.29 is 13.5 Å². The van der Waals surface area contributed by atoms with Gasteiger partial charge in [0.05, 0.1) is 0 Å². The first-order chi connectivity index (χ1) is 8.97. The molecular weight excluding hydrogens is 250 g/mol. The number of ether oxygens (including phenoxy) is 1. The maximum Gasteiger partial charge on any atom is 0.310 e. The number of aliphatic imine (C=N–C) groups is 1. The Balaban J connectivity index is 2.59. The zero-order valence-electron chi connectivity index (χ0n) is 10.9. The molecule has 0 bridgehead atoms. The van der Waals surface area contributed by atoms with E-state index in [1.54, 1.807) is 13.0 Å². The standard InChI is InChI=1S/C14H16F2N2O/c1-3-9-5-4-6-10(7-9)14(2)12(13(15)16)19-8-11(17)18-14/h4-7H,3,8H2,1-2H3,(H2,17,18). The van der Waals surface area contributed by atoms with E-state index in [2.05, 4.69) is 4.99 Å². The lowest BCUT2D eigenvalue weighted by Gasteiger charge is -2.32. The minimum Gasteiger partial charge on any atom is -0.482 e. The van der Waals surface area contributed by atoms with Crippen LogP contribution in [0, 0.1) is 0 Å². The molecule has 1 atom stereocenters. The Morgan fingerprint density at radius 2 is 2.21 bits per heavy atom. The van der Waals surface area contributed by atoms with Gasteiger partial charge in [-0.15, -0.1) is 0 Å². The summed E-state index contributed by atoms with van der Waals surface area (Å²) in [5.74, 6) is -0.204. The largest absolute Gasteiger partial charge is 0.482 e. The Labute approximate surface area is 110 Å². The number of rotatable bonds is 2. The molecule has 0 amide bonds. The third-order valence-electron chi connectivity index (χ3n) is 3.24. The van der Waals surface area contributed by atoms with Crippen molar-refractivity contribution in [2.24, 2.45) is 10.7 Å².